The highest BCUT2D eigenvalue weighted by molar-refractivity contribution is 7.89. The number of carbonyl (C=O) groups excluding carboxylic acids is 1. The van der Waals surface area contributed by atoms with Gasteiger partial charge in [-0.1, -0.05) is 50.2 Å². The van der Waals surface area contributed by atoms with Gasteiger partial charge in [0.25, 0.3) is 0 Å². The fourth-order valence-electron chi connectivity index (χ4n) is 3.68. The van der Waals surface area contributed by atoms with Crippen molar-refractivity contribution in [1.82, 2.24) is 19.4 Å². The number of halogens is 1. The van der Waals surface area contributed by atoms with Crippen LogP contribution in [-0.2, 0) is 23.1 Å². The fourth-order valence-corrected chi connectivity index (χ4v) is 5.17. The molecular weight excluding hydrogens is 431 g/mol. The van der Waals surface area contributed by atoms with Gasteiger partial charge in [-0.15, -0.1) is 0 Å². The first-order chi connectivity index (χ1) is 15.3. The number of nitrogens with zero attached hydrogens (tertiary/aromatic N) is 3. The van der Waals surface area contributed by atoms with Crippen molar-refractivity contribution in [3.63, 3.8) is 0 Å². The van der Waals surface area contributed by atoms with E-state index in [4.69, 9.17) is 0 Å². The summed E-state index contributed by atoms with van der Waals surface area (Å²) in [6.07, 6.45) is 0. The summed E-state index contributed by atoms with van der Waals surface area (Å²) < 4.78 is 40.6. The second kappa shape index (κ2) is 10.9. The summed E-state index contributed by atoms with van der Waals surface area (Å²) in [5.74, 6) is -0.768. The number of sulfonamides is 1. The lowest BCUT2D eigenvalue weighted by Gasteiger charge is -2.34. The number of urea groups is 1. The van der Waals surface area contributed by atoms with Crippen molar-refractivity contribution in [2.45, 2.75) is 31.8 Å². The highest BCUT2D eigenvalue weighted by Gasteiger charge is 2.31. The third kappa shape index (κ3) is 5.85. The predicted octanol–water partition coefficient (Wildman–Crippen LogP) is 2.88. The molecule has 3 rings (SSSR count). The van der Waals surface area contributed by atoms with E-state index in [2.05, 4.69) is 36.2 Å². The maximum absolute atomic E-state index is 13.9. The molecule has 2 aromatic carbocycles. The zero-order valence-electron chi connectivity index (χ0n) is 18.6. The molecule has 0 aliphatic carbocycles. The summed E-state index contributed by atoms with van der Waals surface area (Å²) in [7, 11) is -3.92. The Bertz CT molecular complexity index is 1000. The zero-order valence-corrected chi connectivity index (χ0v) is 19.4. The summed E-state index contributed by atoms with van der Waals surface area (Å²) in [6, 6.07) is 13.3. The van der Waals surface area contributed by atoms with Gasteiger partial charge >= 0.3 is 6.03 Å². The summed E-state index contributed by atoms with van der Waals surface area (Å²) in [4.78, 5) is 16.1. The second-order valence-electron chi connectivity index (χ2n) is 7.76. The Balaban J connectivity index is 1.49. The van der Waals surface area contributed by atoms with Gasteiger partial charge in [0.1, 0.15) is 10.7 Å². The lowest BCUT2D eigenvalue weighted by Crippen LogP contribution is -2.53. The number of hydrogen-bond donors (Lipinski definition) is 1. The minimum absolute atomic E-state index is 0.129. The molecule has 7 nitrogen and oxygen atoms in total. The first-order valence-corrected chi connectivity index (χ1v) is 12.4. The van der Waals surface area contributed by atoms with Crippen molar-refractivity contribution in [2.75, 3.05) is 39.3 Å². The molecule has 1 aliphatic rings. The van der Waals surface area contributed by atoms with Crippen LogP contribution in [0, 0.1) is 5.82 Å². The molecule has 9 heteroatoms. The molecule has 1 N–H and O–H groups in total. The van der Waals surface area contributed by atoms with Crippen LogP contribution in [-0.4, -0.2) is 67.8 Å². The van der Waals surface area contributed by atoms with E-state index in [1.54, 1.807) is 4.90 Å². The van der Waals surface area contributed by atoms with Crippen LogP contribution in [0.4, 0.5) is 9.18 Å². The molecule has 0 radical (unpaired) electrons. The normalized spacial score (nSPS) is 15.2. The van der Waals surface area contributed by atoms with Gasteiger partial charge in [0, 0.05) is 39.3 Å². The molecule has 0 spiro atoms. The van der Waals surface area contributed by atoms with Crippen molar-refractivity contribution >= 4 is 16.1 Å². The monoisotopic (exact) mass is 462 g/mol. The van der Waals surface area contributed by atoms with Gasteiger partial charge in [0.2, 0.25) is 10.0 Å². The number of nitrogens with one attached hydrogen (secondary N) is 1. The minimum Gasteiger partial charge on any atom is -0.334 e. The number of piperazine rings is 1. The number of benzene rings is 2. The Morgan fingerprint density at radius 1 is 0.969 bits per heavy atom. The van der Waals surface area contributed by atoms with Crippen molar-refractivity contribution in [2.24, 2.45) is 0 Å². The third-order valence-corrected chi connectivity index (χ3v) is 7.68. The Hall–Kier alpha value is -2.49. The lowest BCUT2D eigenvalue weighted by molar-refractivity contribution is 0.172. The van der Waals surface area contributed by atoms with Gasteiger partial charge in [0.15, 0.2) is 0 Å². The Morgan fingerprint density at radius 3 is 2.16 bits per heavy atom. The highest BCUT2D eigenvalue weighted by Crippen LogP contribution is 2.20. The van der Waals surface area contributed by atoms with E-state index in [1.165, 1.54) is 28.1 Å². The molecule has 2 aromatic rings. The molecule has 1 saturated heterocycles. The van der Waals surface area contributed by atoms with Gasteiger partial charge in [-0.05, 0) is 36.3 Å². The minimum atomic E-state index is -3.92. The average Bonchev–Trinajstić information content (AvgIpc) is 2.82. The number of carbonyl (C=O) groups is 1. The van der Waals surface area contributed by atoms with Crippen LogP contribution in [0.15, 0.2) is 53.4 Å². The largest absolute Gasteiger partial charge is 0.334 e. The maximum atomic E-state index is 13.9. The standard InChI is InChI=1S/C23H31FN4O3S/c1-3-26(4-2)18-20-11-9-19(10-12-20)17-25-23(29)27-13-15-28(16-14-27)32(30,31)22-8-6-5-7-21(22)24/h5-12H,3-4,13-18H2,1-2H3,(H,25,29). The molecule has 32 heavy (non-hydrogen) atoms. The van der Waals surface area contributed by atoms with Gasteiger partial charge < -0.3 is 10.2 Å². The molecule has 0 bridgehead atoms. The molecule has 0 unspecified atom stereocenters. The van der Waals surface area contributed by atoms with E-state index in [-0.39, 0.29) is 37.1 Å². The van der Waals surface area contributed by atoms with E-state index in [0.29, 0.717) is 6.54 Å². The summed E-state index contributed by atoms with van der Waals surface area (Å²) in [5.41, 5.74) is 2.23. The molecule has 1 fully saturated rings. The van der Waals surface area contributed by atoms with E-state index >= 15 is 0 Å². The summed E-state index contributed by atoms with van der Waals surface area (Å²) >= 11 is 0. The predicted molar refractivity (Wildman–Crippen MR) is 122 cm³/mol. The number of hydrogen-bond acceptors (Lipinski definition) is 4. The molecule has 0 saturated carbocycles. The van der Waals surface area contributed by atoms with Gasteiger partial charge in [-0.2, -0.15) is 4.31 Å². The first kappa shape index (κ1) is 24.2. The smallest absolute Gasteiger partial charge is 0.317 e. The molecule has 0 atom stereocenters. The lowest BCUT2D eigenvalue weighted by atomic mass is 10.1. The van der Waals surface area contributed by atoms with E-state index < -0.39 is 15.8 Å². The quantitative estimate of drug-likeness (QED) is 0.655. The summed E-state index contributed by atoms with van der Waals surface area (Å²) in [6.45, 7) is 8.36. The maximum Gasteiger partial charge on any atom is 0.317 e. The Morgan fingerprint density at radius 2 is 1.56 bits per heavy atom. The van der Waals surface area contributed by atoms with Crippen molar-refractivity contribution in [1.29, 1.82) is 0 Å². The number of amides is 2. The van der Waals surface area contributed by atoms with E-state index in [9.17, 15) is 17.6 Å². The molecule has 174 valence electrons. The second-order valence-corrected chi connectivity index (χ2v) is 9.66. The third-order valence-electron chi connectivity index (χ3n) is 5.75. The van der Waals surface area contributed by atoms with Gasteiger partial charge in [-0.25, -0.2) is 17.6 Å². The Labute approximate surface area is 189 Å². The van der Waals surface area contributed by atoms with Gasteiger partial charge in [0.05, 0.1) is 0 Å². The molecule has 2 amide bonds. The van der Waals surface area contributed by atoms with Crippen LogP contribution in [0.5, 0.6) is 0 Å². The van der Waals surface area contributed by atoms with Crippen LogP contribution >= 0.6 is 0 Å². The molecule has 1 aliphatic heterocycles. The highest BCUT2D eigenvalue weighted by atomic mass is 32.2. The van der Waals surface area contributed by atoms with Gasteiger partial charge in [-0.3, -0.25) is 4.90 Å². The van der Waals surface area contributed by atoms with Crippen molar-refractivity contribution in [3.05, 3.63) is 65.5 Å². The number of rotatable bonds is 8. The van der Waals surface area contributed by atoms with E-state index in [0.717, 1.165) is 31.3 Å². The van der Waals surface area contributed by atoms with Crippen molar-refractivity contribution in [3.8, 4) is 0 Å². The molecule has 1 heterocycles. The fraction of sp³-hybridized carbons (Fsp3) is 0.435. The summed E-state index contributed by atoms with van der Waals surface area (Å²) in [5, 5.41) is 2.89. The van der Waals surface area contributed by atoms with Crippen LogP contribution in [0.25, 0.3) is 0 Å². The molecule has 0 aromatic heterocycles. The van der Waals surface area contributed by atoms with E-state index in [1.807, 2.05) is 12.1 Å². The average molecular weight is 463 g/mol. The Kier molecular flexibility index (Phi) is 8.22. The molecular formula is C23H31FN4O3S. The van der Waals surface area contributed by atoms with Crippen molar-refractivity contribution < 1.29 is 17.6 Å². The first-order valence-electron chi connectivity index (χ1n) is 10.9. The van der Waals surface area contributed by atoms with Crippen LogP contribution in [0.3, 0.4) is 0 Å². The topological polar surface area (TPSA) is 73.0 Å². The van der Waals surface area contributed by atoms with Crippen LogP contribution in [0.2, 0.25) is 0 Å². The zero-order chi connectivity index (χ0) is 23.1. The SMILES string of the molecule is CCN(CC)Cc1ccc(CNC(=O)N2CCN(S(=O)(=O)c3ccccc3F)CC2)cc1. The van der Waals surface area contributed by atoms with Crippen LogP contribution in [0.1, 0.15) is 25.0 Å². The van der Waals surface area contributed by atoms with Crippen LogP contribution < -0.4 is 5.32 Å².